The van der Waals surface area contributed by atoms with Crippen molar-refractivity contribution in [2.45, 2.75) is 13.8 Å². The Bertz CT molecular complexity index is 562. The highest BCUT2D eigenvalue weighted by atomic mass is 35.5. The van der Waals surface area contributed by atoms with Gasteiger partial charge in [-0.25, -0.2) is 4.98 Å². The molecule has 0 amide bonds. The van der Waals surface area contributed by atoms with Gasteiger partial charge >= 0.3 is 0 Å². The molecule has 0 aliphatic rings. The van der Waals surface area contributed by atoms with Crippen LogP contribution in [0.1, 0.15) is 18.2 Å². The Morgan fingerprint density at radius 3 is 2.72 bits per heavy atom. The van der Waals surface area contributed by atoms with E-state index in [1.807, 2.05) is 50.3 Å². The lowest BCUT2D eigenvalue weighted by molar-refractivity contribution is 0.460. The van der Waals surface area contributed by atoms with Crippen LogP contribution in [-0.2, 0) is 0 Å². The number of allylic oxidation sites excluding steroid dienone is 1. The molecule has 1 aromatic heterocycles. The quantitative estimate of drug-likeness (QED) is 0.774. The fourth-order valence-corrected chi connectivity index (χ4v) is 1.78. The van der Waals surface area contributed by atoms with E-state index >= 15 is 0 Å². The standard InChI is InChI=1S/C14H13ClN2O/c1-3-6-11-7-4-5-8-12(11)18-13-9-10(2)16-14(15)17-13/h3-9H,1-2H3. The van der Waals surface area contributed by atoms with Gasteiger partial charge in [-0.05, 0) is 31.5 Å². The van der Waals surface area contributed by atoms with E-state index < -0.39 is 0 Å². The summed E-state index contributed by atoms with van der Waals surface area (Å²) in [6.07, 6.45) is 3.94. The number of aromatic nitrogens is 2. The molecular weight excluding hydrogens is 248 g/mol. The fraction of sp³-hybridized carbons (Fsp3) is 0.143. The molecule has 4 heteroatoms. The summed E-state index contributed by atoms with van der Waals surface area (Å²) >= 11 is 5.80. The minimum absolute atomic E-state index is 0.188. The number of rotatable bonds is 3. The molecule has 3 nitrogen and oxygen atoms in total. The first-order valence-corrected chi connectivity index (χ1v) is 5.97. The van der Waals surface area contributed by atoms with Gasteiger partial charge < -0.3 is 4.74 Å². The van der Waals surface area contributed by atoms with Gasteiger partial charge in [-0.1, -0.05) is 30.4 Å². The molecule has 0 fully saturated rings. The van der Waals surface area contributed by atoms with Crippen LogP contribution in [0.4, 0.5) is 0 Å². The lowest BCUT2D eigenvalue weighted by atomic mass is 10.2. The maximum Gasteiger partial charge on any atom is 0.225 e. The SMILES string of the molecule is CC=Cc1ccccc1Oc1cc(C)nc(Cl)n1. The van der Waals surface area contributed by atoms with Crippen molar-refractivity contribution in [3.05, 3.63) is 52.9 Å². The number of nitrogens with zero attached hydrogens (tertiary/aromatic N) is 2. The largest absolute Gasteiger partial charge is 0.438 e. The molecule has 0 N–H and O–H groups in total. The Balaban J connectivity index is 2.33. The Hall–Kier alpha value is -1.87. The first kappa shape index (κ1) is 12.6. The second-order valence-electron chi connectivity index (χ2n) is 3.76. The predicted octanol–water partition coefficient (Wildman–Crippen LogP) is 4.26. The number of aryl methyl sites for hydroxylation is 1. The molecule has 0 atom stereocenters. The van der Waals surface area contributed by atoms with Crippen molar-refractivity contribution in [3.63, 3.8) is 0 Å². The van der Waals surface area contributed by atoms with Crippen molar-refractivity contribution in [1.29, 1.82) is 0 Å². The number of hydrogen-bond acceptors (Lipinski definition) is 3. The summed E-state index contributed by atoms with van der Waals surface area (Å²) in [4.78, 5) is 8.03. The van der Waals surface area contributed by atoms with Crippen LogP contribution in [0.25, 0.3) is 6.08 Å². The molecule has 0 saturated carbocycles. The third-order valence-electron chi connectivity index (χ3n) is 2.28. The summed E-state index contributed by atoms with van der Waals surface area (Å²) in [5.74, 6) is 1.19. The number of ether oxygens (including phenoxy) is 1. The molecule has 0 aliphatic carbocycles. The summed E-state index contributed by atoms with van der Waals surface area (Å²) in [5, 5.41) is 0.188. The molecule has 2 aromatic rings. The zero-order chi connectivity index (χ0) is 13.0. The van der Waals surface area contributed by atoms with Gasteiger partial charge in [0.05, 0.1) is 0 Å². The zero-order valence-corrected chi connectivity index (χ0v) is 11.0. The van der Waals surface area contributed by atoms with Crippen molar-refractivity contribution in [2.24, 2.45) is 0 Å². The minimum atomic E-state index is 0.188. The number of benzene rings is 1. The van der Waals surface area contributed by atoms with Crippen molar-refractivity contribution in [1.82, 2.24) is 9.97 Å². The second-order valence-corrected chi connectivity index (χ2v) is 4.09. The van der Waals surface area contributed by atoms with Gasteiger partial charge in [-0.3, -0.25) is 0 Å². The van der Waals surface area contributed by atoms with Gasteiger partial charge in [0.2, 0.25) is 11.2 Å². The Morgan fingerprint density at radius 2 is 2.00 bits per heavy atom. The van der Waals surface area contributed by atoms with Crippen LogP contribution < -0.4 is 4.74 Å². The molecular formula is C14H13ClN2O. The third-order valence-corrected chi connectivity index (χ3v) is 2.45. The van der Waals surface area contributed by atoms with Gasteiger partial charge in [0.1, 0.15) is 5.75 Å². The van der Waals surface area contributed by atoms with Gasteiger partial charge in [-0.2, -0.15) is 4.98 Å². The van der Waals surface area contributed by atoms with E-state index in [0.29, 0.717) is 5.88 Å². The Labute approximate surface area is 111 Å². The molecule has 1 aromatic carbocycles. The normalized spacial score (nSPS) is 10.8. The summed E-state index contributed by atoms with van der Waals surface area (Å²) < 4.78 is 5.74. The van der Waals surface area contributed by atoms with Crippen molar-refractivity contribution < 1.29 is 4.74 Å². The Kier molecular flexibility index (Phi) is 3.95. The highest BCUT2D eigenvalue weighted by Gasteiger charge is 2.05. The predicted molar refractivity (Wildman–Crippen MR) is 73.0 cm³/mol. The van der Waals surface area contributed by atoms with Crippen LogP contribution in [-0.4, -0.2) is 9.97 Å². The van der Waals surface area contributed by atoms with Gasteiger partial charge in [-0.15, -0.1) is 0 Å². The van der Waals surface area contributed by atoms with Gasteiger partial charge in [0.25, 0.3) is 0 Å². The van der Waals surface area contributed by atoms with Crippen LogP contribution in [0.15, 0.2) is 36.4 Å². The van der Waals surface area contributed by atoms with E-state index in [1.165, 1.54) is 0 Å². The summed E-state index contributed by atoms with van der Waals surface area (Å²) in [7, 11) is 0. The fourth-order valence-electron chi connectivity index (χ4n) is 1.56. The van der Waals surface area contributed by atoms with Crippen LogP contribution in [0.5, 0.6) is 11.6 Å². The molecule has 0 unspecified atom stereocenters. The van der Waals surface area contributed by atoms with E-state index in [2.05, 4.69) is 9.97 Å². The second kappa shape index (κ2) is 5.65. The molecule has 0 radical (unpaired) electrons. The van der Waals surface area contributed by atoms with E-state index in [4.69, 9.17) is 16.3 Å². The van der Waals surface area contributed by atoms with Crippen LogP contribution in [0.2, 0.25) is 5.28 Å². The maximum absolute atomic E-state index is 5.80. The number of hydrogen-bond donors (Lipinski definition) is 0. The summed E-state index contributed by atoms with van der Waals surface area (Å²) in [5.41, 5.74) is 1.76. The lowest BCUT2D eigenvalue weighted by Gasteiger charge is -2.08. The molecule has 0 bridgehead atoms. The van der Waals surface area contributed by atoms with Crippen LogP contribution >= 0.6 is 11.6 Å². The highest BCUT2D eigenvalue weighted by Crippen LogP contribution is 2.25. The first-order chi connectivity index (χ1) is 8.69. The van der Waals surface area contributed by atoms with Crippen LogP contribution in [0.3, 0.4) is 0 Å². The number of halogens is 1. The lowest BCUT2D eigenvalue weighted by Crippen LogP contribution is -1.93. The molecule has 2 rings (SSSR count). The topological polar surface area (TPSA) is 35.0 Å². The first-order valence-electron chi connectivity index (χ1n) is 5.60. The molecule has 0 saturated heterocycles. The zero-order valence-electron chi connectivity index (χ0n) is 10.2. The van der Waals surface area contributed by atoms with E-state index in [9.17, 15) is 0 Å². The average Bonchev–Trinajstić information content (AvgIpc) is 2.30. The summed E-state index contributed by atoms with van der Waals surface area (Å²) in [6.45, 7) is 3.81. The minimum Gasteiger partial charge on any atom is -0.438 e. The van der Waals surface area contributed by atoms with Crippen molar-refractivity contribution in [2.75, 3.05) is 0 Å². The van der Waals surface area contributed by atoms with E-state index in [0.717, 1.165) is 17.0 Å². The third kappa shape index (κ3) is 3.08. The summed E-state index contributed by atoms with van der Waals surface area (Å²) in [6, 6.07) is 9.49. The van der Waals surface area contributed by atoms with E-state index in [1.54, 1.807) is 6.07 Å². The van der Waals surface area contributed by atoms with Crippen LogP contribution in [0, 0.1) is 6.92 Å². The number of para-hydroxylation sites is 1. The molecule has 0 spiro atoms. The highest BCUT2D eigenvalue weighted by molar-refractivity contribution is 6.28. The van der Waals surface area contributed by atoms with E-state index in [-0.39, 0.29) is 5.28 Å². The monoisotopic (exact) mass is 260 g/mol. The van der Waals surface area contributed by atoms with Crippen molar-refractivity contribution >= 4 is 17.7 Å². The molecule has 92 valence electrons. The molecule has 18 heavy (non-hydrogen) atoms. The molecule has 0 aliphatic heterocycles. The van der Waals surface area contributed by atoms with Crippen molar-refractivity contribution in [3.8, 4) is 11.6 Å². The molecule has 1 heterocycles. The van der Waals surface area contributed by atoms with Gasteiger partial charge in [0, 0.05) is 17.3 Å². The Morgan fingerprint density at radius 1 is 1.22 bits per heavy atom. The maximum atomic E-state index is 5.80. The van der Waals surface area contributed by atoms with Gasteiger partial charge in [0.15, 0.2) is 0 Å². The smallest absolute Gasteiger partial charge is 0.225 e. The average molecular weight is 261 g/mol.